The maximum atomic E-state index is 9.80. The molecule has 0 aliphatic heterocycles. The topological polar surface area (TPSA) is 0 Å². The van der Waals surface area contributed by atoms with Gasteiger partial charge < -0.3 is 0 Å². The summed E-state index contributed by atoms with van der Waals surface area (Å²) in [7, 11) is 0. The molecule has 0 aromatic carbocycles. The zero-order valence-electron chi connectivity index (χ0n) is 15.1. The minimum atomic E-state index is -2.77. The molecule has 2 aliphatic rings. The van der Waals surface area contributed by atoms with Gasteiger partial charge in [0.15, 0.2) is 0 Å². The molecular formula is C20H30F2Zr. The van der Waals surface area contributed by atoms with E-state index < -0.39 is 24.5 Å². The molecule has 0 saturated heterocycles. The number of halogens is 2. The molecule has 2 aliphatic carbocycles. The molecule has 0 aromatic heterocycles. The van der Waals surface area contributed by atoms with E-state index in [9.17, 15) is 5.25 Å². The van der Waals surface area contributed by atoms with Crippen LogP contribution >= 0.6 is 0 Å². The van der Waals surface area contributed by atoms with Crippen LogP contribution in [-0.4, -0.2) is 0 Å². The third-order valence-corrected chi connectivity index (χ3v) is 3.72. The van der Waals surface area contributed by atoms with Crippen LogP contribution in [0.15, 0.2) is 34.4 Å². The Balaban J connectivity index is 0.000000360. The van der Waals surface area contributed by atoms with Gasteiger partial charge in [0.1, 0.15) is 0 Å². The fourth-order valence-corrected chi connectivity index (χ4v) is 2.42. The predicted octanol–water partition coefficient (Wildman–Crippen LogP) is 7.35. The number of hydrogen-bond acceptors (Lipinski definition) is 0. The van der Waals surface area contributed by atoms with Crippen LogP contribution in [0.25, 0.3) is 0 Å². The Kier molecular flexibility index (Phi) is 15.0. The first kappa shape index (κ1) is 22.7. The second kappa shape index (κ2) is 15.2. The van der Waals surface area contributed by atoms with Crippen LogP contribution in [0.1, 0.15) is 79.1 Å². The fraction of sp³-hybridized carbons (Fsp3) is 0.600. The summed E-state index contributed by atoms with van der Waals surface area (Å²) in [6.45, 7) is 8.71. The molecule has 0 amide bonds. The van der Waals surface area contributed by atoms with Gasteiger partial charge in [0.2, 0.25) is 0 Å². The van der Waals surface area contributed by atoms with Gasteiger partial charge in [-0.3, -0.25) is 0 Å². The third kappa shape index (κ3) is 12.8. The van der Waals surface area contributed by atoms with E-state index in [1.165, 1.54) is 60.8 Å². The summed E-state index contributed by atoms with van der Waals surface area (Å²) in [5.74, 6) is 0. The number of hydrogen-bond donors (Lipinski definition) is 0. The van der Waals surface area contributed by atoms with Crippen molar-refractivity contribution in [3.63, 3.8) is 0 Å². The van der Waals surface area contributed by atoms with Crippen LogP contribution in [0.3, 0.4) is 0 Å². The van der Waals surface area contributed by atoms with Gasteiger partial charge in [-0.1, -0.05) is 79.1 Å². The zero-order chi connectivity index (χ0) is 17.5. The molecule has 0 heterocycles. The molecule has 0 bridgehead atoms. The summed E-state index contributed by atoms with van der Waals surface area (Å²) < 4.78 is 19.6. The van der Waals surface area contributed by atoms with Gasteiger partial charge in [-0.2, -0.15) is 11.1 Å². The van der Waals surface area contributed by atoms with Crippen LogP contribution in [0, 0.1) is 12.2 Å². The van der Waals surface area contributed by atoms with Crippen molar-refractivity contribution in [2.24, 2.45) is 0 Å². The van der Waals surface area contributed by atoms with Crippen molar-refractivity contribution in [2.45, 2.75) is 79.1 Å². The summed E-state index contributed by atoms with van der Waals surface area (Å²) in [4.78, 5) is 0. The molecule has 0 fully saturated rings. The molecule has 0 atom stereocenters. The van der Waals surface area contributed by atoms with Gasteiger partial charge in [0.05, 0.1) is 0 Å². The Morgan fingerprint density at radius 3 is 1.43 bits per heavy atom. The molecule has 0 radical (unpaired) electrons. The Morgan fingerprint density at radius 2 is 1.22 bits per heavy atom. The van der Waals surface area contributed by atoms with Crippen molar-refractivity contribution < 1.29 is 29.7 Å². The van der Waals surface area contributed by atoms with E-state index in [4.69, 9.17) is 0 Å². The normalized spacial score (nSPS) is 15.2. The Bertz CT molecular complexity index is 391. The second-order valence-electron chi connectivity index (χ2n) is 5.92. The number of rotatable bonds is 6. The predicted molar refractivity (Wildman–Crippen MR) is 91.5 cm³/mol. The quantitative estimate of drug-likeness (QED) is 0.410. The SMILES string of the molecule is CCCCC1=[C-]C(C)=CC1.CCCCC1=[C-]C(C)=CC1.[F][Zr+2][F]. The molecule has 2 rings (SSSR count). The van der Waals surface area contributed by atoms with Gasteiger partial charge in [0, 0.05) is 0 Å². The molecule has 0 unspecified atom stereocenters. The Morgan fingerprint density at radius 1 is 0.870 bits per heavy atom. The van der Waals surface area contributed by atoms with E-state index in [1.807, 2.05) is 0 Å². The average Bonchev–Trinajstić information content (AvgIpc) is 3.13. The van der Waals surface area contributed by atoms with E-state index in [0.717, 1.165) is 12.8 Å². The van der Waals surface area contributed by atoms with E-state index in [1.54, 1.807) is 0 Å². The first-order valence-corrected chi connectivity index (χ1v) is 10.5. The molecule has 23 heavy (non-hydrogen) atoms. The molecule has 0 N–H and O–H groups in total. The second-order valence-corrected chi connectivity index (χ2v) is 6.27. The summed E-state index contributed by atoms with van der Waals surface area (Å²) >= 11 is -2.77. The number of allylic oxidation sites excluding steroid dienone is 8. The van der Waals surface area contributed by atoms with Gasteiger partial charge in [-0.25, -0.2) is 35.5 Å². The van der Waals surface area contributed by atoms with Crippen molar-refractivity contribution in [3.8, 4) is 0 Å². The molecule has 128 valence electrons. The standard InChI is InChI=1S/2C10H15.2FH.Zr/c2*1-3-4-5-10-7-6-9(2)8-10;;;/h2*6H,3-5,7H2,1-2H3;2*1H;/q2*-1;;;+4/p-2. The first-order valence-electron chi connectivity index (χ1n) is 8.60. The van der Waals surface area contributed by atoms with Crippen molar-refractivity contribution >= 4 is 0 Å². The van der Waals surface area contributed by atoms with Gasteiger partial charge >= 0.3 is 29.7 Å². The van der Waals surface area contributed by atoms with Crippen molar-refractivity contribution in [1.29, 1.82) is 0 Å². The van der Waals surface area contributed by atoms with E-state index in [-0.39, 0.29) is 0 Å². The third-order valence-electron chi connectivity index (χ3n) is 3.72. The van der Waals surface area contributed by atoms with E-state index in [2.05, 4.69) is 52.0 Å². The van der Waals surface area contributed by atoms with Crippen molar-refractivity contribution in [1.82, 2.24) is 0 Å². The summed E-state index contributed by atoms with van der Waals surface area (Å²) in [5.41, 5.74) is 5.65. The Labute approximate surface area is 155 Å². The maximum absolute atomic E-state index is 9.80. The van der Waals surface area contributed by atoms with Gasteiger partial charge in [-0.15, -0.1) is 0 Å². The van der Waals surface area contributed by atoms with Crippen molar-refractivity contribution in [3.05, 3.63) is 46.6 Å². The average molecular weight is 400 g/mol. The Hall–Kier alpha value is -0.297. The van der Waals surface area contributed by atoms with E-state index >= 15 is 0 Å². The van der Waals surface area contributed by atoms with Crippen LogP contribution in [0.2, 0.25) is 0 Å². The molecular weight excluding hydrogens is 369 g/mol. The fourth-order valence-electron chi connectivity index (χ4n) is 2.42. The van der Waals surface area contributed by atoms with Crippen LogP contribution < -0.4 is 0 Å². The van der Waals surface area contributed by atoms with Gasteiger partial charge in [-0.05, 0) is 0 Å². The monoisotopic (exact) mass is 398 g/mol. The molecule has 3 heteroatoms. The number of unbranched alkanes of at least 4 members (excludes halogenated alkanes) is 2. The first-order chi connectivity index (χ1) is 11.1. The van der Waals surface area contributed by atoms with Gasteiger partial charge in [0.25, 0.3) is 0 Å². The van der Waals surface area contributed by atoms with E-state index in [0.29, 0.717) is 0 Å². The van der Waals surface area contributed by atoms with Crippen LogP contribution in [-0.2, 0) is 24.5 Å². The van der Waals surface area contributed by atoms with Crippen LogP contribution in [0.4, 0.5) is 5.25 Å². The van der Waals surface area contributed by atoms with Crippen molar-refractivity contribution in [2.75, 3.05) is 0 Å². The summed E-state index contributed by atoms with van der Waals surface area (Å²) in [5, 5.41) is 0. The molecule has 0 saturated carbocycles. The molecule has 0 spiro atoms. The van der Waals surface area contributed by atoms with Crippen LogP contribution in [0.5, 0.6) is 0 Å². The molecule has 0 nitrogen and oxygen atoms in total. The summed E-state index contributed by atoms with van der Waals surface area (Å²) in [6, 6.07) is 0. The minimum absolute atomic E-state index is 1.16. The molecule has 0 aromatic rings. The zero-order valence-corrected chi connectivity index (χ0v) is 17.5. The summed E-state index contributed by atoms with van der Waals surface area (Å²) in [6.07, 6.45) is 21.3.